The van der Waals surface area contributed by atoms with Crippen molar-refractivity contribution < 1.29 is 19.1 Å². The molecule has 2 aromatic heterocycles. The Bertz CT molecular complexity index is 1550. The van der Waals surface area contributed by atoms with Gasteiger partial charge in [0.25, 0.3) is 0 Å². The van der Waals surface area contributed by atoms with E-state index in [-0.39, 0.29) is 30.9 Å². The van der Waals surface area contributed by atoms with Gasteiger partial charge in [-0.15, -0.1) is 0 Å². The normalized spacial score (nSPS) is 17.5. The van der Waals surface area contributed by atoms with Crippen LogP contribution < -0.4 is 10.6 Å². The van der Waals surface area contributed by atoms with Gasteiger partial charge < -0.3 is 25.0 Å². The van der Waals surface area contributed by atoms with Gasteiger partial charge >= 0.3 is 12.2 Å². The number of unbranched alkanes of at least 4 members (excludes halogenated alkanes) is 5. The van der Waals surface area contributed by atoms with Crippen molar-refractivity contribution in [1.82, 2.24) is 30.0 Å². The first-order valence-electron chi connectivity index (χ1n) is 18.8. The number of amides is 2. The Hall–Kier alpha value is -3.86. The summed E-state index contributed by atoms with van der Waals surface area (Å²) in [5.74, 6) is 1.29. The maximum absolute atomic E-state index is 13.5. The van der Waals surface area contributed by atoms with E-state index in [1.165, 1.54) is 12.8 Å². The van der Waals surface area contributed by atoms with E-state index in [1.807, 2.05) is 73.9 Å². The van der Waals surface area contributed by atoms with Crippen molar-refractivity contribution >= 4 is 29.7 Å². The number of benzene rings is 1. The second kappa shape index (κ2) is 18.6. The van der Waals surface area contributed by atoms with Crippen LogP contribution in [-0.4, -0.2) is 67.6 Å². The van der Waals surface area contributed by atoms with Gasteiger partial charge in [0.05, 0.1) is 23.1 Å². The zero-order valence-corrected chi connectivity index (χ0v) is 31.6. The van der Waals surface area contributed by atoms with E-state index >= 15 is 0 Å². The fourth-order valence-corrected chi connectivity index (χ4v) is 6.87. The molecular formula is C39H56ClN7O4. The molecule has 0 atom stereocenters. The van der Waals surface area contributed by atoms with Crippen LogP contribution in [0.25, 0.3) is 11.3 Å². The highest BCUT2D eigenvalue weighted by Crippen LogP contribution is 2.37. The molecule has 0 aliphatic heterocycles. The zero-order valence-electron chi connectivity index (χ0n) is 30.8. The lowest BCUT2D eigenvalue weighted by Crippen LogP contribution is -2.44. The third-order valence-corrected chi connectivity index (χ3v) is 9.92. The Morgan fingerprint density at radius 2 is 1.67 bits per heavy atom. The van der Waals surface area contributed by atoms with Crippen LogP contribution in [0, 0.1) is 5.92 Å². The van der Waals surface area contributed by atoms with Gasteiger partial charge in [0, 0.05) is 43.5 Å². The summed E-state index contributed by atoms with van der Waals surface area (Å²) in [6, 6.07) is 10.1. The first-order valence-corrected chi connectivity index (χ1v) is 19.2. The number of carbonyl (C=O) groups is 2. The predicted molar refractivity (Wildman–Crippen MR) is 201 cm³/mol. The van der Waals surface area contributed by atoms with Gasteiger partial charge in [0.1, 0.15) is 12.2 Å². The van der Waals surface area contributed by atoms with Gasteiger partial charge in [-0.05, 0) is 90.0 Å². The third-order valence-electron chi connectivity index (χ3n) is 9.64. The molecule has 0 unspecified atom stereocenters. The highest BCUT2D eigenvalue weighted by Gasteiger charge is 2.31. The molecule has 2 amide bonds. The smallest absolute Gasteiger partial charge is 0.410 e. The second-order valence-electron chi connectivity index (χ2n) is 15.1. The van der Waals surface area contributed by atoms with Gasteiger partial charge in [-0.2, -0.15) is 5.10 Å². The van der Waals surface area contributed by atoms with Gasteiger partial charge in [-0.25, -0.2) is 19.6 Å². The van der Waals surface area contributed by atoms with E-state index in [4.69, 9.17) is 26.1 Å². The monoisotopic (exact) mass is 721 g/mol. The molecule has 2 fully saturated rings. The summed E-state index contributed by atoms with van der Waals surface area (Å²) in [6.45, 7) is 7.14. The fourth-order valence-electron chi connectivity index (χ4n) is 6.68. The van der Waals surface area contributed by atoms with E-state index in [0.717, 1.165) is 93.1 Å². The minimum atomic E-state index is -0.487. The standard InChI is InChI=1S/C39H56ClN7O4/c1-39(2,3)51-37(48)41-22-12-7-5-6-8-13-23-47(38(49)50-27-29-14-10-9-11-15-29)31-20-18-30(19-21-31)44-36-42-26-33(40)35(45-36)32-25-43-46(4)34(32)24-28-16-17-28/h9-11,14-15,25-26,28,30-31H,5-8,12-13,16-24,27H2,1-4H3,(H,41,48)(H,42,44,45). The first-order chi connectivity index (χ1) is 24.6. The lowest BCUT2D eigenvalue weighted by molar-refractivity contribution is 0.0526. The molecule has 2 aliphatic carbocycles. The van der Waals surface area contributed by atoms with Crippen LogP contribution in [0.4, 0.5) is 15.5 Å². The quantitative estimate of drug-likeness (QED) is 0.133. The largest absolute Gasteiger partial charge is 0.445 e. The molecule has 0 radical (unpaired) electrons. The number of hydrogen-bond acceptors (Lipinski definition) is 8. The lowest BCUT2D eigenvalue weighted by Gasteiger charge is -2.36. The summed E-state index contributed by atoms with van der Waals surface area (Å²) in [5, 5.41) is 11.4. The van der Waals surface area contributed by atoms with E-state index in [2.05, 4.69) is 20.7 Å². The molecule has 2 saturated carbocycles. The number of carbonyl (C=O) groups excluding carboxylic acids is 2. The number of alkyl carbamates (subject to hydrolysis) is 1. The van der Waals surface area contributed by atoms with Crippen LogP contribution in [0.3, 0.4) is 0 Å². The lowest BCUT2D eigenvalue weighted by atomic mass is 9.90. The summed E-state index contributed by atoms with van der Waals surface area (Å²) < 4.78 is 13.1. The SMILES string of the molecule is Cn1ncc(-c2nc(NC3CCC(N(CCCCCCCCNC(=O)OC(C)(C)C)C(=O)OCc4ccccc4)CC3)ncc2Cl)c1CC1CC1. The molecule has 0 spiro atoms. The summed E-state index contributed by atoms with van der Waals surface area (Å²) in [5.41, 5.74) is 3.35. The third kappa shape index (κ3) is 12.4. The maximum atomic E-state index is 13.5. The number of aryl methyl sites for hydroxylation is 1. The zero-order chi connectivity index (χ0) is 36.2. The topological polar surface area (TPSA) is 124 Å². The van der Waals surface area contributed by atoms with Crippen LogP contribution in [0.5, 0.6) is 0 Å². The van der Waals surface area contributed by atoms with Gasteiger partial charge in [-0.3, -0.25) is 4.68 Å². The Kier molecular flexibility index (Phi) is 14.0. The maximum Gasteiger partial charge on any atom is 0.410 e. The molecule has 278 valence electrons. The molecule has 2 N–H and O–H groups in total. The predicted octanol–water partition coefficient (Wildman–Crippen LogP) is 8.71. The van der Waals surface area contributed by atoms with Crippen molar-refractivity contribution in [2.24, 2.45) is 13.0 Å². The highest BCUT2D eigenvalue weighted by atomic mass is 35.5. The molecule has 2 heterocycles. The molecule has 12 heteroatoms. The van der Waals surface area contributed by atoms with E-state index in [0.29, 0.717) is 30.0 Å². The van der Waals surface area contributed by atoms with Crippen LogP contribution in [0.15, 0.2) is 42.7 Å². The van der Waals surface area contributed by atoms with Gasteiger partial charge in [0.15, 0.2) is 0 Å². The molecule has 0 bridgehead atoms. The van der Waals surface area contributed by atoms with Crippen molar-refractivity contribution in [3.63, 3.8) is 0 Å². The van der Waals surface area contributed by atoms with Crippen LogP contribution in [-0.2, 0) is 29.5 Å². The molecule has 3 aromatic rings. The highest BCUT2D eigenvalue weighted by molar-refractivity contribution is 6.33. The van der Waals surface area contributed by atoms with Crippen molar-refractivity contribution in [2.75, 3.05) is 18.4 Å². The first kappa shape index (κ1) is 38.4. The van der Waals surface area contributed by atoms with E-state index in [9.17, 15) is 9.59 Å². The van der Waals surface area contributed by atoms with Crippen molar-refractivity contribution in [2.45, 2.75) is 129 Å². The molecule has 2 aliphatic rings. The Morgan fingerprint density at radius 1 is 0.961 bits per heavy atom. The molecule has 51 heavy (non-hydrogen) atoms. The van der Waals surface area contributed by atoms with Gasteiger partial charge in [-0.1, -0.05) is 67.6 Å². The molecular weight excluding hydrogens is 666 g/mol. The average molecular weight is 722 g/mol. The molecule has 5 rings (SSSR count). The second-order valence-corrected chi connectivity index (χ2v) is 15.5. The number of halogens is 1. The summed E-state index contributed by atoms with van der Waals surface area (Å²) in [4.78, 5) is 36.6. The number of ether oxygens (including phenoxy) is 2. The number of aromatic nitrogens is 4. The van der Waals surface area contributed by atoms with Crippen molar-refractivity contribution in [1.29, 1.82) is 0 Å². The van der Waals surface area contributed by atoms with Crippen LogP contribution in [0.1, 0.15) is 109 Å². The Balaban J connectivity index is 1.10. The summed E-state index contributed by atoms with van der Waals surface area (Å²) in [7, 11) is 1.98. The fraction of sp³-hybridized carbons (Fsp3) is 0.615. The summed E-state index contributed by atoms with van der Waals surface area (Å²) in [6.07, 6.45) is 16.1. The molecule has 1 aromatic carbocycles. The minimum Gasteiger partial charge on any atom is -0.445 e. The number of nitrogens with zero attached hydrogens (tertiary/aromatic N) is 5. The Morgan fingerprint density at radius 3 is 2.37 bits per heavy atom. The number of hydrogen-bond donors (Lipinski definition) is 2. The number of rotatable bonds is 17. The average Bonchev–Trinajstić information content (AvgIpc) is 3.86. The van der Waals surface area contributed by atoms with Crippen LogP contribution in [0.2, 0.25) is 5.02 Å². The van der Waals surface area contributed by atoms with E-state index < -0.39 is 5.60 Å². The molecule has 11 nitrogen and oxygen atoms in total. The Labute approximate surface area is 308 Å². The number of nitrogens with one attached hydrogen (secondary N) is 2. The minimum absolute atomic E-state index is 0.118. The van der Waals surface area contributed by atoms with Crippen molar-refractivity contribution in [3.8, 4) is 11.3 Å². The van der Waals surface area contributed by atoms with Crippen molar-refractivity contribution in [3.05, 3.63) is 59.0 Å². The van der Waals surface area contributed by atoms with E-state index in [1.54, 1.807) is 6.20 Å². The van der Waals surface area contributed by atoms with Crippen LogP contribution >= 0.6 is 11.6 Å². The molecule has 0 saturated heterocycles. The summed E-state index contributed by atoms with van der Waals surface area (Å²) >= 11 is 6.62. The number of anilines is 1. The van der Waals surface area contributed by atoms with Gasteiger partial charge in [0.2, 0.25) is 5.95 Å².